The zero-order valence-corrected chi connectivity index (χ0v) is 55.9. The Labute approximate surface area is 605 Å². The zero-order valence-electron chi connectivity index (χ0n) is 51.1. The van der Waals surface area contributed by atoms with Crippen molar-refractivity contribution in [2.24, 2.45) is 0 Å². The number of nitrogens with zero attached hydrogens (tertiary/aromatic N) is 8. The molecule has 14 aromatic rings. The van der Waals surface area contributed by atoms with Crippen LogP contribution in [0.4, 0.5) is 0 Å². The number of isothiocyanates is 1. The first-order valence-electron chi connectivity index (χ1n) is 28.4. The summed E-state index contributed by atoms with van der Waals surface area (Å²) in [6.45, 7) is 8.67. The van der Waals surface area contributed by atoms with Crippen LogP contribution >= 0.6 is 12.2 Å². The van der Waals surface area contributed by atoms with E-state index >= 15 is 0 Å². The third-order valence-electron chi connectivity index (χ3n) is 12.3. The van der Waals surface area contributed by atoms with E-state index in [2.05, 4.69) is 103 Å². The largest absolute Gasteiger partial charge is 3.00 e. The van der Waals surface area contributed by atoms with Crippen molar-refractivity contribution in [2.75, 3.05) is 0 Å². The predicted octanol–water partition coefficient (Wildman–Crippen LogP) is 19.2. The minimum Gasteiger partial charge on any atom is -0.753 e. The van der Waals surface area contributed by atoms with Crippen LogP contribution in [0.15, 0.2) is 304 Å². The molecule has 0 aliphatic heterocycles. The Balaban J connectivity index is 0.000000298. The van der Waals surface area contributed by atoms with Gasteiger partial charge in [-0.25, -0.2) is 0 Å². The maximum absolute atomic E-state index is 7.13. The summed E-state index contributed by atoms with van der Waals surface area (Å²) in [6, 6.07) is 126. The van der Waals surface area contributed by atoms with Gasteiger partial charge in [0.15, 0.2) is 0 Å². The molecule has 0 atom stereocenters. The van der Waals surface area contributed by atoms with Crippen LogP contribution in [-0.4, -0.2) is 35.1 Å². The minimum absolute atomic E-state index is 0. The van der Waals surface area contributed by atoms with Gasteiger partial charge in [0.05, 0.1) is 0 Å². The van der Waals surface area contributed by atoms with Crippen LogP contribution in [-0.2, 0) is 66.0 Å². The first kappa shape index (κ1) is 79.2. The van der Waals surface area contributed by atoms with Crippen LogP contribution in [0.1, 0.15) is 11.4 Å². The third kappa shape index (κ3) is 28.0. The van der Waals surface area contributed by atoms with E-state index in [1.807, 2.05) is 293 Å². The smallest absolute Gasteiger partial charge is 0.753 e. The number of hydrogen-bond donors (Lipinski definition) is 0. The molecule has 470 valence electrons. The van der Waals surface area contributed by atoms with Crippen molar-refractivity contribution in [3.63, 3.8) is 0 Å². The molecule has 0 aliphatic carbocycles. The molecular weight excluding hydrogens is 1360 g/mol. The average molecular weight is 1420 g/mol. The molecule has 0 amide bonds. The van der Waals surface area contributed by atoms with Gasteiger partial charge in [0, 0.05) is 0 Å². The summed E-state index contributed by atoms with van der Waals surface area (Å²) >= 11 is 3.70. The molecular formula is C82H56N8Ni4S. The van der Waals surface area contributed by atoms with Crippen LogP contribution in [0.2, 0.25) is 0 Å². The van der Waals surface area contributed by atoms with E-state index in [1.165, 1.54) is 5.16 Å². The van der Waals surface area contributed by atoms with Crippen LogP contribution in [0, 0.1) is 86.3 Å². The van der Waals surface area contributed by atoms with E-state index in [4.69, 9.17) is 17.2 Å². The van der Waals surface area contributed by atoms with Crippen LogP contribution in [0.5, 0.6) is 0 Å². The van der Waals surface area contributed by atoms with Gasteiger partial charge < -0.3 is 47.1 Å². The van der Waals surface area contributed by atoms with E-state index in [0.29, 0.717) is 0 Å². The van der Waals surface area contributed by atoms with Gasteiger partial charge in [0.2, 0.25) is 0 Å². The Morgan fingerprint density at radius 3 is 0.600 bits per heavy atom. The van der Waals surface area contributed by atoms with Gasteiger partial charge in [0.25, 0.3) is 0 Å². The van der Waals surface area contributed by atoms with E-state index in [9.17, 15) is 0 Å². The van der Waals surface area contributed by atoms with Crippen molar-refractivity contribution in [3.8, 4) is 90.1 Å². The summed E-state index contributed by atoms with van der Waals surface area (Å²) < 4.78 is 0. The summed E-state index contributed by atoms with van der Waals surface area (Å²) in [4.78, 5) is 26.5. The monoisotopic (exact) mass is 1420 g/mol. The van der Waals surface area contributed by atoms with Gasteiger partial charge in [-0.3, -0.25) is 0 Å². The molecule has 0 unspecified atom stereocenters. The molecule has 13 heteroatoms. The number of thiocarbonyl (C=S) groups is 1. The van der Waals surface area contributed by atoms with E-state index in [-0.39, 0.29) is 66.0 Å². The molecule has 0 bridgehead atoms. The van der Waals surface area contributed by atoms with Gasteiger partial charge in [-0.15, -0.1) is 287 Å². The first-order chi connectivity index (χ1) is 44.9. The predicted molar refractivity (Wildman–Crippen MR) is 368 cm³/mol. The summed E-state index contributed by atoms with van der Waals surface area (Å²) in [5.41, 5.74) is 17.6. The summed E-state index contributed by atoms with van der Waals surface area (Å²) in [5.74, 6) is 0. The number of rotatable bonds is 8. The van der Waals surface area contributed by atoms with Crippen molar-refractivity contribution in [1.82, 2.24) is 29.9 Å². The Kier molecular flexibility index (Phi) is 39.1. The standard InChI is InChI=1S/4C17H11N.C7H8N.C5H4N.CNS.CN.4Ni/c4*1-3-8-14(9-4-1)16-12-7-13-17(18-16)15-10-5-2-6-11-15;1-6-4-3-5-7(2)8-6;1-2-4-6-5-3-1;2-1-3;1-2;;;;/h4*1-8,10,12-13H;4-5H,1-2H3;2-5H;;;;;;/q4*-2;4*-1;4*+3. The Hall–Kier alpha value is -10.1. The van der Waals surface area contributed by atoms with Crippen molar-refractivity contribution >= 4 is 17.4 Å². The van der Waals surface area contributed by atoms with Gasteiger partial charge >= 0.3 is 66.0 Å². The quantitative estimate of drug-likeness (QED) is 0.0638. The number of hydrogen-bond acceptors (Lipinski definition) is 8. The second-order valence-corrected chi connectivity index (χ2v) is 18.9. The van der Waals surface area contributed by atoms with Crippen LogP contribution < -0.4 is 0 Å². The molecule has 4 radical (unpaired) electrons. The van der Waals surface area contributed by atoms with Crippen LogP contribution in [0.3, 0.4) is 0 Å². The minimum atomic E-state index is 0. The van der Waals surface area contributed by atoms with E-state index in [0.717, 1.165) is 101 Å². The SMILES string of the molecule is Cc1c[c-]cc(C)n1.[C-]#N.[N-]=C=S.[Ni+3].[Ni+3].[Ni+3].[Ni+3].[c-]1ccccc1-c1cccc(-c2[c-]cccc2)n1.[c-]1ccccc1-c1cccc(-c2[c-]cccc2)n1.[c-]1ccccc1-c1cccc(-c2[c-]cccc2)n1.[c-]1ccccc1-c1cccc(-c2[c-]cccc2)n1.[c-]1ccncc1. The second kappa shape index (κ2) is 46.9. The van der Waals surface area contributed by atoms with Crippen molar-refractivity contribution in [2.45, 2.75) is 13.8 Å². The fraction of sp³-hybridized carbons (Fsp3) is 0.0244. The molecule has 0 saturated carbocycles. The number of pyridine rings is 6. The maximum atomic E-state index is 7.13. The summed E-state index contributed by atoms with van der Waals surface area (Å²) in [7, 11) is 0. The fourth-order valence-corrected chi connectivity index (χ4v) is 8.26. The van der Waals surface area contributed by atoms with E-state index in [1.54, 1.807) is 24.5 Å². The molecule has 8 nitrogen and oxygen atoms in total. The molecule has 8 aromatic carbocycles. The van der Waals surface area contributed by atoms with Crippen molar-refractivity contribution in [1.29, 1.82) is 5.26 Å². The molecule has 0 saturated heterocycles. The summed E-state index contributed by atoms with van der Waals surface area (Å²) in [6.07, 6.45) is 3.39. The topological polar surface area (TPSA) is 123 Å². The van der Waals surface area contributed by atoms with Crippen molar-refractivity contribution in [3.05, 3.63) is 388 Å². The molecule has 6 heterocycles. The first-order valence-corrected chi connectivity index (χ1v) is 28.8. The molecule has 0 spiro atoms. The van der Waals surface area contributed by atoms with Gasteiger partial charge in [-0.05, 0) is 45.6 Å². The number of benzene rings is 8. The molecule has 0 N–H and O–H groups in total. The van der Waals surface area contributed by atoms with Gasteiger partial charge in [0.1, 0.15) is 0 Å². The molecule has 0 fully saturated rings. The van der Waals surface area contributed by atoms with Gasteiger partial charge in [-0.2, -0.15) is 41.6 Å². The molecule has 14 rings (SSSR count). The molecule has 0 aliphatic rings. The summed E-state index contributed by atoms with van der Waals surface area (Å²) in [5, 5.41) is 14.7. The fourth-order valence-electron chi connectivity index (χ4n) is 8.26. The molecule has 6 aromatic heterocycles. The van der Waals surface area contributed by atoms with Gasteiger partial charge in [-0.1, -0.05) is 123 Å². The normalized spacial score (nSPS) is 9.14. The third-order valence-corrected chi connectivity index (χ3v) is 12.3. The van der Waals surface area contributed by atoms with Crippen molar-refractivity contribution < 1.29 is 66.0 Å². The molecule has 95 heavy (non-hydrogen) atoms. The average Bonchev–Trinajstić information content (AvgIpc) is 1.07. The van der Waals surface area contributed by atoms with E-state index < -0.39 is 0 Å². The Morgan fingerprint density at radius 2 is 0.484 bits per heavy atom. The number of aryl methyl sites for hydroxylation is 2. The number of aromatic nitrogens is 6. The van der Waals surface area contributed by atoms with Crippen LogP contribution in [0.25, 0.3) is 95.5 Å². The Morgan fingerprint density at radius 1 is 0.295 bits per heavy atom. The Bertz CT molecular complexity index is 3600. The zero-order chi connectivity index (χ0) is 63.8. The maximum Gasteiger partial charge on any atom is 3.00 e. The second-order valence-electron chi connectivity index (χ2n) is 18.7.